The molecule has 0 bridgehead atoms. The van der Waals surface area contributed by atoms with Gasteiger partial charge in [0.25, 0.3) is 0 Å². The van der Waals surface area contributed by atoms with E-state index in [4.69, 9.17) is 5.73 Å². The topological polar surface area (TPSA) is 29.3 Å². The van der Waals surface area contributed by atoms with Crippen LogP contribution in [0.5, 0.6) is 0 Å². The molecule has 1 aromatic rings. The molecular formula is C17H25F3N2. The molecule has 0 amide bonds. The molecule has 1 fully saturated rings. The van der Waals surface area contributed by atoms with Crippen LogP contribution in [0.2, 0.25) is 0 Å². The lowest BCUT2D eigenvalue weighted by Gasteiger charge is -2.40. The number of nitrogens with two attached hydrogens (primary N) is 1. The average molecular weight is 314 g/mol. The van der Waals surface area contributed by atoms with Crippen molar-refractivity contribution in [2.45, 2.75) is 45.8 Å². The Morgan fingerprint density at radius 2 is 1.68 bits per heavy atom. The number of anilines is 1. The third-order valence-electron chi connectivity index (χ3n) is 4.03. The van der Waals surface area contributed by atoms with Gasteiger partial charge < -0.3 is 10.6 Å². The lowest BCUT2D eigenvalue weighted by Crippen LogP contribution is -2.47. The van der Waals surface area contributed by atoms with Crippen molar-refractivity contribution in [1.82, 2.24) is 0 Å². The summed E-state index contributed by atoms with van der Waals surface area (Å²) in [4.78, 5) is 2.12. The quantitative estimate of drug-likeness (QED) is 0.882. The molecule has 0 aliphatic carbocycles. The molecule has 2 rings (SSSR count). The molecule has 2 unspecified atom stereocenters. The smallest absolute Gasteiger partial charge is 0.370 e. The van der Waals surface area contributed by atoms with Gasteiger partial charge in [-0.05, 0) is 48.4 Å². The Balaban J connectivity index is 2.10. The Morgan fingerprint density at radius 1 is 1.09 bits per heavy atom. The number of hydrogen-bond donors (Lipinski definition) is 1. The fourth-order valence-electron chi connectivity index (χ4n) is 3.33. The molecule has 0 spiro atoms. The minimum Gasteiger partial charge on any atom is -0.370 e. The maximum Gasteiger partial charge on any atom is 0.416 e. The first-order chi connectivity index (χ1) is 10.0. The molecule has 1 aliphatic rings. The van der Waals surface area contributed by atoms with Crippen molar-refractivity contribution in [1.29, 1.82) is 0 Å². The maximum atomic E-state index is 12.6. The van der Waals surface area contributed by atoms with Crippen LogP contribution in [-0.4, -0.2) is 19.1 Å². The first kappa shape index (κ1) is 17.1. The highest BCUT2D eigenvalue weighted by atomic mass is 19.4. The third kappa shape index (κ3) is 4.63. The van der Waals surface area contributed by atoms with E-state index in [0.29, 0.717) is 12.5 Å². The lowest BCUT2D eigenvalue weighted by atomic mass is 9.80. The normalized spacial score (nSPS) is 23.7. The van der Waals surface area contributed by atoms with Gasteiger partial charge >= 0.3 is 6.18 Å². The van der Waals surface area contributed by atoms with Crippen LogP contribution in [0.1, 0.15) is 39.2 Å². The number of halogens is 3. The molecule has 0 aromatic heterocycles. The predicted molar refractivity (Wildman–Crippen MR) is 83.8 cm³/mol. The molecule has 2 N–H and O–H groups in total. The molecule has 2 atom stereocenters. The molecule has 5 heteroatoms. The van der Waals surface area contributed by atoms with Crippen LogP contribution in [0.4, 0.5) is 18.9 Å². The monoisotopic (exact) mass is 314 g/mol. The highest BCUT2D eigenvalue weighted by molar-refractivity contribution is 5.48. The zero-order valence-corrected chi connectivity index (χ0v) is 13.5. The van der Waals surface area contributed by atoms with Gasteiger partial charge in [0.05, 0.1) is 5.56 Å². The maximum absolute atomic E-state index is 12.6. The van der Waals surface area contributed by atoms with E-state index in [9.17, 15) is 13.2 Å². The van der Waals surface area contributed by atoms with Crippen molar-refractivity contribution in [2.75, 3.05) is 18.0 Å². The van der Waals surface area contributed by atoms with E-state index in [1.165, 1.54) is 0 Å². The second-order valence-electron chi connectivity index (χ2n) is 7.58. The zero-order valence-electron chi connectivity index (χ0n) is 13.5. The summed E-state index contributed by atoms with van der Waals surface area (Å²) in [5, 5.41) is 0. The van der Waals surface area contributed by atoms with Crippen LogP contribution in [0, 0.1) is 11.3 Å². The van der Waals surface area contributed by atoms with Crippen molar-refractivity contribution >= 4 is 5.69 Å². The molecule has 1 aromatic carbocycles. The first-order valence-electron chi connectivity index (χ1n) is 7.72. The second kappa shape index (κ2) is 6.11. The van der Waals surface area contributed by atoms with Crippen molar-refractivity contribution in [2.24, 2.45) is 17.1 Å². The standard InChI is InChI=1S/C17H25F3N2/c1-16(2,3)9-12-8-14(21)11-22(10-12)15-6-4-13(5-7-15)17(18,19)20/h4-7,12,14H,8-11,21H2,1-3H3. The van der Waals surface area contributed by atoms with Gasteiger partial charge in [-0.1, -0.05) is 20.8 Å². The molecular weight excluding hydrogens is 289 g/mol. The van der Waals surface area contributed by atoms with Crippen LogP contribution < -0.4 is 10.6 Å². The van der Waals surface area contributed by atoms with Gasteiger partial charge in [-0.2, -0.15) is 13.2 Å². The summed E-state index contributed by atoms with van der Waals surface area (Å²) in [5.74, 6) is 0.478. The van der Waals surface area contributed by atoms with Crippen LogP contribution in [0.3, 0.4) is 0 Å². The number of rotatable bonds is 2. The van der Waals surface area contributed by atoms with Crippen molar-refractivity contribution < 1.29 is 13.2 Å². The fourth-order valence-corrected chi connectivity index (χ4v) is 3.33. The predicted octanol–water partition coefficient (Wildman–Crippen LogP) is 4.30. The average Bonchev–Trinajstić information content (AvgIpc) is 2.35. The van der Waals surface area contributed by atoms with Gasteiger partial charge in [-0.15, -0.1) is 0 Å². The number of piperidine rings is 1. The minimum absolute atomic E-state index is 0.0726. The van der Waals surface area contributed by atoms with Gasteiger partial charge in [-0.25, -0.2) is 0 Å². The van der Waals surface area contributed by atoms with Crippen LogP contribution in [0.15, 0.2) is 24.3 Å². The molecule has 22 heavy (non-hydrogen) atoms. The number of benzene rings is 1. The third-order valence-corrected chi connectivity index (χ3v) is 4.03. The Morgan fingerprint density at radius 3 is 2.18 bits per heavy atom. The van der Waals surface area contributed by atoms with Gasteiger partial charge in [-0.3, -0.25) is 0 Å². The fraction of sp³-hybridized carbons (Fsp3) is 0.647. The van der Waals surface area contributed by atoms with E-state index < -0.39 is 11.7 Å². The minimum atomic E-state index is -4.29. The lowest BCUT2D eigenvalue weighted by molar-refractivity contribution is -0.137. The molecule has 1 saturated heterocycles. The Labute approximate surface area is 130 Å². The van der Waals surface area contributed by atoms with E-state index in [1.54, 1.807) is 12.1 Å². The molecule has 2 nitrogen and oxygen atoms in total. The largest absolute Gasteiger partial charge is 0.416 e. The number of nitrogens with zero attached hydrogens (tertiary/aromatic N) is 1. The van der Waals surface area contributed by atoms with Crippen LogP contribution >= 0.6 is 0 Å². The van der Waals surface area contributed by atoms with Gasteiger partial charge in [0.2, 0.25) is 0 Å². The van der Waals surface area contributed by atoms with Crippen LogP contribution in [0.25, 0.3) is 0 Å². The summed E-state index contributed by atoms with van der Waals surface area (Å²) in [5.41, 5.74) is 6.59. The van der Waals surface area contributed by atoms with Gasteiger partial charge in [0, 0.05) is 24.8 Å². The highest BCUT2D eigenvalue weighted by Gasteiger charge is 2.31. The summed E-state index contributed by atoms with van der Waals surface area (Å²) in [6.07, 6.45) is -2.24. The summed E-state index contributed by atoms with van der Waals surface area (Å²) in [6, 6.07) is 5.47. The van der Waals surface area contributed by atoms with Gasteiger partial charge in [0.15, 0.2) is 0 Å². The van der Waals surface area contributed by atoms with Gasteiger partial charge in [0.1, 0.15) is 0 Å². The van der Waals surface area contributed by atoms with Crippen molar-refractivity contribution in [3.05, 3.63) is 29.8 Å². The molecule has 124 valence electrons. The zero-order chi connectivity index (χ0) is 16.5. The molecule has 1 heterocycles. The Hall–Kier alpha value is -1.23. The van der Waals surface area contributed by atoms with Crippen molar-refractivity contribution in [3.63, 3.8) is 0 Å². The molecule has 1 aliphatic heterocycles. The van der Waals surface area contributed by atoms with E-state index in [1.807, 2.05) is 0 Å². The second-order valence-corrected chi connectivity index (χ2v) is 7.58. The first-order valence-corrected chi connectivity index (χ1v) is 7.72. The summed E-state index contributed by atoms with van der Waals surface area (Å²) >= 11 is 0. The Bertz CT molecular complexity index is 488. The molecule has 0 saturated carbocycles. The number of alkyl halides is 3. The van der Waals surface area contributed by atoms with Crippen LogP contribution in [-0.2, 0) is 6.18 Å². The number of hydrogen-bond acceptors (Lipinski definition) is 2. The van der Waals surface area contributed by atoms with E-state index in [2.05, 4.69) is 25.7 Å². The van der Waals surface area contributed by atoms with Crippen molar-refractivity contribution in [3.8, 4) is 0 Å². The van der Waals surface area contributed by atoms with E-state index in [0.717, 1.165) is 37.2 Å². The summed E-state index contributed by atoms with van der Waals surface area (Å²) < 4.78 is 37.9. The highest BCUT2D eigenvalue weighted by Crippen LogP contribution is 2.34. The van der Waals surface area contributed by atoms with E-state index in [-0.39, 0.29) is 11.5 Å². The van der Waals surface area contributed by atoms with E-state index >= 15 is 0 Å². The Kier molecular flexibility index (Phi) is 4.76. The summed E-state index contributed by atoms with van der Waals surface area (Å²) in [7, 11) is 0. The SMILES string of the molecule is CC(C)(C)CC1CC(N)CN(c2ccc(C(F)(F)F)cc2)C1. The summed E-state index contributed by atoms with van der Waals surface area (Å²) in [6.45, 7) is 8.17. The molecule has 0 radical (unpaired) electrons.